The second kappa shape index (κ2) is 10.00. The molecule has 2 aromatic heterocycles. The van der Waals surface area contributed by atoms with E-state index in [4.69, 9.17) is 11.5 Å². The molecule has 0 unspecified atom stereocenters. The van der Waals surface area contributed by atoms with Crippen molar-refractivity contribution in [2.24, 2.45) is 16.5 Å². The monoisotopic (exact) mass is 483 g/mol. The standard InChI is InChI=1S/C17H21N7O4S3/c18-17(19)20-6-1-2-10(9-25)21-16(26)15-13(5-7-29-15)24-31(27,28)11-3-4-12-14(8-11)23-30-22-12/h3-5,7-8,10,24-25H,1-2,6,9H2,(H,21,26)(H4,18,19,20)/t10-/m0/s1. The number of rotatable bonds is 10. The van der Waals surface area contributed by atoms with Crippen molar-refractivity contribution in [3.63, 3.8) is 0 Å². The van der Waals surface area contributed by atoms with Crippen LogP contribution in [0.2, 0.25) is 0 Å². The van der Waals surface area contributed by atoms with E-state index in [0.717, 1.165) is 23.1 Å². The predicted molar refractivity (Wildman–Crippen MR) is 121 cm³/mol. The van der Waals surface area contributed by atoms with Gasteiger partial charge in [0.2, 0.25) is 0 Å². The second-order valence-corrected chi connectivity index (χ2v) is 9.61. The molecule has 31 heavy (non-hydrogen) atoms. The van der Waals surface area contributed by atoms with Gasteiger partial charge in [0.15, 0.2) is 5.96 Å². The number of aliphatic hydroxyl groups is 1. The average molecular weight is 484 g/mol. The van der Waals surface area contributed by atoms with Gasteiger partial charge in [-0.15, -0.1) is 11.3 Å². The number of carbonyl (C=O) groups is 1. The molecule has 7 N–H and O–H groups in total. The third-order valence-corrected chi connectivity index (χ3v) is 7.05. The molecule has 0 saturated carbocycles. The Labute approximate surface area is 186 Å². The number of nitrogens with one attached hydrogen (secondary N) is 2. The van der Waals surface area contributed by atoms with Crippen molar-refractivity contribution < 1.29 is 18.3 Å². The fourth-order valence-corrected chi connectivity index (χ4v) is 5.13. The lowest BCUT2D eigenvalue weighted by molar-refractivity contribution is 0.0917. The summed E-state index contributed by atoms with van der Waals surface area (Å²) in [6, 6.07) is 5.41. The molecule has 0 fully saturated rings. The van der Waals surface area contributed by atoms with Gasteiger partial charge >= 0.3 is 0 Å². The molecule has 3 rings (SSSR count). The Bertz CT molecular complexity index is 1190. The van der Waals surface area contributed by atoms with Crippen LogP contribution in [0.4, 0.5) is 5.69 Å². The fourth-order valence-electron chi connectivity index (χ4n) is 2.70. The van der Waals surface area contributed by atoms with Gasteiger partial charge in [-0.25, -0.2) is 8.42 Å². The molecule has 0 aliphatic rings. The molecule has 11 nitrogen and oxygen atoms in total. The summed E-state index contributed by atoms with van der Waals surface area (Å²) in [5.74, 6) is -0.516. The van der Waals surface area contributed by atoms with Gasteiger partial charge in [-0.3, -0.25) is 14.5 Å². The number of anilines is 1. The Kier molecular flexibility index (Phi) is 7.37. The van der Waals surface area contributed by atoms with Crippen LogP contribution >= 0.6 is 23.1 Å². The predicted octanol–water partition coefficient (Wildman–Crippen LogP) is 0.698. The molecule has 1 amide bonds. The van der Waals surface area contributed by atoms with Gasteiger partial charge in [-0.2, -0.15) is 8.75 Å². The normalized spacial score (nSPS) is 12.4. The molecule has 1 aromatic carbocycles. The van der Waals surface area contributed by atoms with Crippen molar-refractivity contribution in [1.29, 1.82) is 0 Å². The highest BCUT2D eigenvalue weighted by Crippen LogP contribution is 2.26. The van der Waals surface area contributed by atoms with Gasteiger partial charge in [-0.1, -0.05) is 0 Å². The molecule has 14 heteroatoms. The average Bonchev–Trinajstić information content (AvgIpc) is 3.38. The van der Waals surface area contributed by atoms with Crippen LogP contribution in [0, 0.1) is 0 Å². The zero-order valence-corrected chi connectivity index (χ0v) is 18.6. The fraction of sp³-hybridized carbons (Fsp3) is 0.294. The lowest BCUT2D eigenvalue weighted by Gasteiger charge is -2.16. The second-order valence-electron chi connectivity index (χ2n) is 6.49. The van der Waals surface area contributed by atoms with Crippen molar-refractivity contribution in [2.45, 2.75) is 23.8 Å². The van der Waals surface area contributed by atoms with Gasteiger partial charge in [-0.05, 0) is 42.5 Å². The summed E-state index contributed by atoms with van der Waals surface area (Å²) in [7, 11) is -3.94. The number of hydrogen-bond donors (Lipinski definition) is 5. The van der Waals surface area contributed by atoms with Crippen molar-refractivity contribution in [1.82, 2.24) is 14.1 Å². The number of fused-ring (bicyclic) bond motifs is 1. The number of hydrogen-bond acceptors (Lipinski definition) is 9. The van der Waals surface area contributed by atoms with Crippen molar-refractivity contribution in [3.8, 4) is 0 Å². The Morgan fingerprint density at radius 1 is 1.23 bits per heavy atom. The smallest absolute Gasteiger partial charge is 0.263 e. The van der Waals surface area contributed by atoms with Gasteiger partial charge in [0.1, 0.15) is 15.9 Å². The van der Waals surface area contributed by atoms with E-state index in [1.807, 2.05) is 0 Å². The molecule has 0 aliphatic heterocycles. The zero-order chi connectivity index (χ0) is 22.4. The van der Waals surface area contributed by atoms with Gasteiger partial charge < -0.3 is 21.9 Å². The molecular formula is C17H21N7O4S3. The van der Waals surface area contributed by atoms with Crippen LogP contribution in [-0.2, 0) is 10.0 Å². The minimum absolute atomic E-state index is 0.0122. The number of benzene rings is 1. The molecular weight excluding hydrogens is 462 g/mol. The van der Waals surface area contributed by atoms with Gasteiger partial charge in [0, 0.05) is 6.54 Å². The van der Waals surface area contributed by atoms with Gasteiger partial charge in [0.05, 0.1) is 35.0 Å². The first-order valence-electron chi connectivity index (χ1n) is 9.10. The number of nitrogens with zero attached hydrogens (tertiary/aromatic N) is 3. The lowest BCUT2D eigenvalue weighted by Crippen LogP contribution is -2.37. The summed E-state index contributed by atoms with van der Waals surface area (Å²) in [6.07, 6.45) is 1.01. The maximum atomic E-state index is 12.8. The van der Waals surface area contributed by atoms with Crippen molar-refractivity contribution in [3.05, 3.63) is 34.5 Å². The van der Waals surface area contributed by atoms with Crippen LogP contribution in [0.25, 0.3) is 11.0 Å². The van der Waals surface area contributed by atoms with Crippen molar-refractivity contribution in [2.75, 3.05) is 17.9 Å². The first-order valence-corrected chi connectivity index (χ1v) is 12.2. The van der Waals surface area contributed by atoms with Crippen LogP contribution < -0.4 is 21.5 Å². The van der Waals surface area contributed by atoms with Gasteiger partial charge in [0.25, 0.3) is 15.9 Å². The van der Waals surface area contributed by atoms with Crippen LogP contribution in [0.3, 0.4) is 0 Å². The maximum absolute atomic E-state index is 12.8. The number of aromatic nitrogens is 2. The molecule has 1 atom stereocenters. The van der Waals surface area contributed by atoms with E-state index in [2.05, 4.69) is 23.8 Å². The Balaban J connectivity index is 1.69. The maximum Gasteiger partial charge on any atom is 0.263 e. The minimum Gasteiger partial charge on any atom is -0.394 e. The highest BCUT2D eigenvalue weighted by Gasteiger charge is 2.22. The minimum atomic E-state index is -3.94. The SMILES string of the molecule is NC(N)=NCCC[C@@H](CO)NC(=O)c1sccc1NS(=O)(=O)c1ccc2nsnc2c1. The number of sulfonamides is 1. The number of aliphatic hydroxyl groups excluding tert-OH is 1. The summed E-state index contributed by atoms with van der Waals surface area (Å²) >= 11 is 2.08. The largest absolute Gasteiger partial charge is 0.394 e. The van der Waals surface area contributed by atoms with E-state index in [0.29, 0.717) is 30.4 Å². The van der Waals surface area contributed by atoms with E-state index in [1.54, 1.807) is 11.4 Å². The molecule has 166 valence electrons. The zero-order valence-electron chi connectivity index (χ0n) is 16.2. The first-order chi connectivity index (χ1) is 14.8. The highest BCUT2D eigenvalue weighted by molar-refractivity contribution is 7.92. The van der Waals surface area contributed by atoms with Crippen LogP contribution in [0.1, 0.15) is 22.5 Å². The van der Waals surface area contributed by atoms with Crippen LogP contribution in [0.5, 0.6) is 0 Å². The topological polar surface area (TPSA) is 186 Å². The number of thiophene rings is 1. The number of aliphatic imine (C=N–C) groups is 1. The third-order valence-electron chi connectivity index (χ3n) is 4.21. The first kappa shape index (κ1) is 22.9. The Morgan fingerprint density at radius 2 is 2.00 bits per heavy atom. The molecule has 2 heterocycles. The summed E-state index contributed by atoms with van der Waals surface area (Å²) < 4.78 is 36.1. The summed E-state index contributed by atoms with van der Waals surface area (Å²) in [4.78, 5) is 16.7. The number of amides is 1. The van der Waals surface area contributed by atoms with E-state index in [9.17, 15) is 18.3 Å². The molecule has 0 spiro atoms. The number of carbonyl (C=O) groups excluding carboxylic acids is 1. The summed E-state index contributed by atoms with van der Waals surface area (Å²) in [5, 5.41) is 13.8. The lowest BCUT2D eigenvalue weighted by atomic mass is 10.1. The molecule has 0 aliphatic carbocycles. The van der Waals surface area contributed by atoms with Crippen LogP contribution in [-0.4, -0.2) is 53.3 Å². The molecule has 3 aromatic rings. The quantitative estimate of drug-likeness (QED) is 0.158. The van der Waals surface area contributed by atoms with Crippen molar-refractivity contribution >= 4 is 61.7 Å². The number of nitrogens with two attached hydrogens (primary N) is 2. The highest BCUT2D eigenvalue weighted by atomic mass is 32.2. The van der Waals surface area contributed by atoms with E-state index in [-0.39, 0.29) is 28.0 Å². The van der Waals surface area contributed by atoms with E-state index >= 15 is 0 Å². The Hall–Kier alpha value is -2.81. The summed E-state index contributed by atoms with van der Waals surface area (Å²) in [6.45, 7) is 0.0965. The molecule has 0 radical (unpaired) electrons. The summed E-state index contributed by atoms with van der Waals surface area (Å²) in [5.41, 5.74) is 11.8. The third kappa shape index (κ3) is 5.88. The Morgan fingerprint density at radius 3 is 2.74 bits per heavy atom. The molecule has 0 bridgehead atoms. The van der Waals surface area contributed by atoms with Crippen LogP contribution in [0.15, 0.2) is 39.5 Å². The van der Waals surface area contributed by atoms with E-state index in [1.165, 1.54) is 18.2 Å². The van der Waals surface area contributed by atoms with E-state index < -0.39 is 22.0 Å². The number of guanidine groups is 1. The molecule has 0 saturated heterocycles.